The molecule has 3 nitrogen and oxygen atoms in total. The summed E-state index contributed by atoms with van der Waals surface area (Å²) < 4.78 is 12.2. The van der Waals surface area contributed by atoms with E-state index in [9.17, 15) is 5.26 Å². The summed E-state index contributed by atoms with van der Waals surface area (Å²) in [6, 6.07) is 3.43. The molecule has 0 aromatic heterocycles. The van der Waals surface area contributed by atoms with Gasteiger partial charge in [0, 0.05) is 6.04 Å². The van der Waals surface area contributed by atoms with E-state index >= 15 is 0 Å². The topological polar surface area (TPSA) is 42.2 Å². The lowest BCUT2D eigenvalue weighted by atomic mass is 9.84. The van der Waals surface area contributed by atoms with Crippen LogP contribution in [0.3, 0.4) is 0 Å². The Kier molecular flexibility index (Phi) is 7.56. The van der Waals surface area contributed by atoms with Crippen molar-refractivity contribution in [2.24, 2.45) is 0 Å². The molecule has 1 fully saturated rings. The van der Waals surface area contributed by atoms with Crippen molar-refractivity contribution < 1.29 is 9.16 Å². The first kappa shape index (κ1) is 20.9. The molecule has 0 unspecified atom stereocenters. The first-order chi connectivity index (χ1) is 10.5. The molecule has 0 N–H and O–H groups in total. The predicted octanol–water partition coefficient (Wildman–Crippen LogP) is 4.77. The smallest absolute Gasteiger partial charge is 0.185 e. The normalized spacial score (nSPS) is 28.6. The quantitative estimate of drug-likeness (QED) is 0.368. The predicted molar refractivity (Wildman–Crippen MR) is 105 cm³/mol. The van der Waals surface area contributed by atoms with Crippen LogP contribution in [0.4, 0.5) is 0 Å². The highest BCUT2D eigenvalue weighted by Gasteiger charge is 2.48. The fraction of sp³-hybridized carbons (Fsp3) is 0.824. The van der Waals surface area contributed by atoms with Crippen molar-refractivity contribution in [3.63, 3.8) is 0 Å². The van der Waals surface area contributed by atoms with Crippen LogP contribution >= 0.6 is 15.9 Å². The van der Waals surface area contributed by atoms with Crippen molar-refractivity contribution >= 4 is 32.3 Å². The maximum absolute atomic E-state index is 9.73. The maximum Gasteiger partial charge on any atom is 0.185 e. The van der Waals surface area contributed by atoms with Crippen LogP contribution in [0, 0.1) is 23.2 Å². The van der Waals surface area contributed by atoms with Crippen LogP contribution in [0.2, 0.25) is 45.3 Å². The first-order valence-corrected chi connectivity index (χ1v) is 16.3. The van der Waals surface area contributed by atoms with Crippen molar-refractivity contribution in [1.82, 2.24) is 0 Å². The molecule has 1 aliphatic carbocycles. The number of hydrogen-bond acceptors (Lipinski definition) is 3. The fourth-order valence-electron chi connectivity index (χ4n) is 2.64. The lowest BCUT2D eigenvalue weighted by Crippen LogP contribution is -2.54. The van der Waals surface area contributed by atoms with Crippen LogP contribution in [0.5, 0.6) is 0 Å². The van der Waals surface area contributed by atoms with E-state index in [4.69, 9.17) is 9.16 Å². The third kappa shape index (κ3) is 7.11. The van der Waals surface area contributed by atoms with Crippen LogP contribution < -0.4 is 0 Å². The Hall–Kier alpha value is -0.116. The monoisotopic (exact) mass is 415 g/mol. The number of ether oxygens (including phenoxy) is 1. The third-order valence-corrected chi connectivity index (χ3v) is 7.14. The Morgan fingerprint density at radius 3 is 2.35 bits per heavy atom. The third-order valence-electron chi connectivity index (χ3n) is 3.60. The van der Waals surface area contributed by atoms with Gasteiger partial charge in [-0.25, -0.2) is 0 Å². The number of halogens is 1. The molecule has 0 amide bonds. The summed E-state index contributed by atoms with van der Waals surface area (Å²) in [6.07, 6.45) is 2.66. The molecule has 1 saturated carbocycles. The zero-order chi connectivity index (χ0) is 17.7. The summed E-state index contributed by atoms with van der Waals surface area (Å²) in [5.74, 6) is 6.36. The van der Waals surface area contributed by atoms with Crippen molar-refractivity contribution in [3.8, 4) is 17.9 Å². The van der Waals surface area contributed by atoms with E-state index < -0.39 is 22.0 Å². The standard InChI is InChI=1S/C17H30BrNO2Si2/c1-22(2,3)13-8-7-12-20-15-10-9-11-17(14-19,16(15)18)21-23(4,5)6/h15-16H,9-13H2,1-6H3/t15-,16+,17-/m1/s1. The van der Waals surface area contributed by atoms with Crippen molar-refractivity contribution in [2.75, 3.05) is 6.61 Å². The Balaban J connectivity index is 2.66. The van der Waals surface area contributed by atoms with Gasteiger partial charge in [0.1, 0.15) is 6.61 Å². The zero-order valence-electron chi connectivity index (χ0n) is 15.3. The molecular weight excluding hydrogens is 386 g/mol. The second-order valence-electron chi connectivity index (χ2n) is 8.45. The van der Waals surface area contributed by atoms with E-state index in [1.807, 2.05) is 0 Å². The minimum atomic E-state index is -1.81. The zero-order valence-corrected chi connectivity index (χ0v) is 18.9. The summed E-state index contributed by atoms with van der Waals surface area (Å²) in [7, 11) is -2.92. The van der Waals surface area contributed by atoms with Gasteiger partial charge >= 0.3 is 0 Å². The summed E-state index contributed by atoms with van der Waals surface area (Å²) in [5.41, 5.74) is -0.765. The van der Waals surface area contributed by atoms with E-state index in [1.165, 1.54) is 0 Å². The number of nitrogens with zero attached hydrogens (tertiary/aromatic N) is 1. The molecule has 130 valence electrons. The second-order valence-corrected chi connectivity index (χ2v) is 19.3. The van der Waals surface area contributed by atoms with Crippen LogP contribution in [-0.2, 0) is 9.16 Å². The van der Waals surface area contributed by atoms with E-state index in [-0.39, 0.29) is 10.9 Å². The fourth-order valence-corrected chi connectivity index (χ4v) is 5.68. The molecule has 0 bridgehead atoms. The van der Waals surface area contributed by atoms with Gasteiger partial charge in [-0.2, -0.15) is 5.26 Å². The average molecular weight is 417 g/mol. The molecule has 0 saturated heterocycles. The molecule has 1 rings (SSSR count). The van der Waals surface area contributed by atoms with Crippen molar-refractivity contribution in [1.29, 1.82) is 5.26 Å². The Morgan fingerprint density at radius 1 is 1.17 bits per heavy atom. The van der Waals surface area contributed by atoms with Gasteiger partial charge in [0.25, 0.3) is 0 Å². The van der Waals surface area contributed by atoms with E-state index in [2.05, 4.69) is 73.1 Å². The molecule has 0 radical (unpaired) electrons. The van der Waals surface area contributed by atoms with Gasteiger partial charge in [-0.05, 0) is 38.9 Å². The van der Waals surface area contributed by atoms with Gasteiger partial charge < -0.3 is 9.16 Å². The minimum Gasteiger partial charge on any atom is -0.399 e. The molecule has 0 aromatic rings. The largest absolute Gasteiger partial charge is 0.399 e. The van der Waals surface area contributed by atoms with Crippen molar-refractivity contribution in [3.05, 3.63) is 0 Å². The first-order valence-electron chi connectivity index (χ1n) is 8.32. The average Bonchev–Trinajstić information content (AvgIpc) is 2.39. The number of hydrogen-bond donors (Lipinski definition) is 0. The molecule has 23 heavy (non-hydrogen) atoms. The van der Waals surface area contributed by atoms with Crippen LogP contribution in [0.25, 0.3) is 0 Å². The Bertz CT molecular complexity index is 496. The molecule has 6 heteroatoms. The number of rotatable bonds is 5. The molecule has 0 aromatic carbocycles. The minimum absolute atomic E-state index is 0.0130. The lowest BCUT2D eigenvalue weighted by molar-refractivity contribution is -0.0153. The van der Waals surface area contributed by atoms with Crippen molar-refractivity contribution in [2.45, 2.75) is 81.1 Å². The lowest BCUT2D eigenvalue weighted by Gasteiger charge is -2.43. The Morgan fingerprint density at radius 2 is 1.83 bits per heavy atom. The Labute approximate surface area is 152 Å². The molecule has 0 aliphatic heterocycles. The van der Waals surface area contributed by atoms with E-state index in [0.29, 0.717) is 6.61 Å². The van der Waals surface area contributed by atoms with E-state index in [0.717, 1.165) is 25.3 Å². The summed E-state index contributed by atoms with van der Waals surface area (Å²) in [6.45, 7) is 13.7. The molecule has 0 heterocycles. The highest BCUT2D eigenvalue weighted by molar-refractivity contribution is 9.09. The summed E-state index contributed by atoms with van der Waals surface area (Å²) in [4.78, 5) is -0.0979. The highest BCUT2D eigenvalue weighted by Crippen LogP contribution is 2.39. The van der Waals surface area contributed by atoms with Gasteiger partial charge in [0.15, 0.2) is 13.9 Å². The van der Waals surface area contributed by atoms with Crippen LogP contribution in [0.15, 0.2) is 0 Å². The molecule has 3 atom stereocenters. The van der Waals surface area contributed by atoms with Gasteiger partial charge in [0.05, 0.1) is 25.1 Å². The van der Waals surface area contributed by atoms with Gasteiger partial charge in [-0.1, -0.05) is 41.5 Å². The van der Waals surface area contributed by atoms with Gasteiger partial charge in [0.2, 0.25) is 0 Å². The van der Waals surface area contributed by atoms with E-state index in [1.54, 1.807) is 0 Å². The molecule has 0 spiro atoms. The summed E-state index contributed by atoms with van der Waals surface area (Å²) >= 11 is 3.70. The van der Waals surface area contributed by atoms with Crippen LogP contribution in [-0.4, -0.2) is 39.5 Å². The molecular formula is C17H30BrNO2Si2. The summed E-state index contributed by atoms with van der Waals surface area (Å²) in [5, 5.41) is 9.73. The second kappa shape index (κ2) is 8.31. The SMILES string of the molecule is C[Si](C)(C)CC#CCO[C@@H]1CCC[C@](C#N)(O[Si](C)(C)C)[C@H]1Br. The molecule has 1 aliphatic rings. The number of alkyl halides is 1. The van der Waals surface area contributed by atoms with Crippen LogP contribution in [0.1, 0.15) is 19.3 Å². The maximum atomic E-state index is 9.73. The highest BCUT2D eigenvalue weighted by atomic mass is 79.9. The van der Waals surface area contributed by atoms with Gasteiger partial charge in [-0.3, -0.25) is 0 Å². The van der Waals surface area contributed by atoms with Gasteiger partial charge in [-0.15, -0.1) is 5.92 Å². The number of nitriles is 1.